The highest BCUT2D eigenvalue weighted by molar-refractivity contribution is 6.01. The third kappa shape index (κ3) is 2.41. The third-order valence-corrected chi connectivity index (χ3v) is 8.88. The Morgan fingerprint density at radius 1 is 1.30 bits per heavy atom. The number of allylic oxidation sites excluding steroid dienone is 4. The minimum Gasteiger partial charge on any atom is -0.461 e. The molecule has 0 aromatic rings. The number of hydrogen-bond acceptors (Lipinski definition) is 5. The summed E-state index contributed by atoms with van der Waals surface area (Å²) in [6.07, 6.45) is 4.23. The zero-order valence-electron chi connectivity index (χ0n) is 18.4. The first-order valence-electron chi connectivity index (χ1n) is 11.1. The van der Waals surface area contributed by atoms with Crippen molar-refractivity contribution in [2.24, 2.45) is 28.6 Å². The molecule has 0 heterocycles. The molecule has 2 N–H and O–H groups in total. The molecule has 30 heavy (non-hydrogen) atoms. The van der Waals surface area contributed by atoms with Crippen molar-refractivity contribution in [3.05, 3.63) is 23.8 Å². The SMILES string of the molecule is CC(C)OC(=O)C1(O)C(C)CC2C3CCC4=CC(=O)C=CC4(C)C3(F)C(O)CC21C. The van der Waals surface area contributed by atoms with Crippen molar-refractivity contribution in [1.82, 2.24) is 0 Å². The van der Waals surface area contributed by atoms with E-state index in [0.717, 1.165) is 5.57 Å². The largest absolute Gasteiger partial charge is 0.461 e. The van der Waals surface area contributed by atoms with E-state index in [4.69, 9.17) is 4.74 Å². The Hall–Kier alpha value is -1.53. The molecule has 0 saturated heterocycles. The molecule has 0 spiro atoms. The zero-order chi connectivity index (χ0) is 22.3. The molecule has 5 nitrogen and oxygen atoms in total. The molecule has 4 aliphatic rings. The summed E-state index contributed by atoms with van der Waals surface area (Å²) in [5.41, 5.74) is -5.10. The molecule has 4 rings (SSSR count). The first-order valence-corrected chi connectivity index (χ1v) is 11.1. The molecule has 3 saturated carbocycles. The van der Waals surface area contributed by atoms with Gasteiger partial charge in [0, 0.05) is 16.7 Å². The lowest BCUT2D eigenvalue weighted by Gasteiger charge is -2.62. The van der Waals surface area contributed by atoms with Crippen molar-refractivity contribution in [2.45, 2.75) is 83.8 Å². The lowest BCUT2D eigenvalue weighted by molar-refractivity contribution is -0.229. The summed E-state index contributed by atoms with van der Waals surface area (Å²) < 4.78 is 22.4. The molecular weight excluding hydrogens is 387 g/mol. The minimum atomic E-state index is -1.97. The van der Waals surface area contributed by atoms with Crippen LogP contribution in [0.4, 0.5) is 4.39 Å². The summed E-state index contributed by atoms with van der Waals surface area (Å²) in [6.45, 7) is 8.84. The van der Waals surface area contributed by atoms with Gasteiger partial charge in [0.25, 0.3) is 0 Å². The number of esters is 1. The lowest BCUT2D eigenvalue weighted by Crippen LogP contribution is -2.69. The van der Waals surface area contributed by atoms with Gasteiger partial charge < -0.3 is 14.9 Å². The predicted molar refractivity (Wildman–Crippen MR) is 109 cm³/mol. The second-order valence-corrected chi connectivity index (χ2v) is 10.6. The Bertz CT molecular complexity index is 849. The number of carbonyl (C=O) groups excluding carboxylic acids is 2. The average molecular weight is 421 g/mol. The summed E-state index contributed by atoms with van der Waals surface area (Å²) in [4.78, 5) is 24.9. The Morgan fingerprint density at radius 3 is 2.60 bits per heavy atom. The van der Waals surface area contributed by atoms with E-state index in [1.54, 1.807) is 33.8 Å². The first kappa shape index (κ1) is 21.7. The fraction of sp³-hybridized carbons (Fsp3) is 0.750. The monoisotopic (exact) mass is 420 g/mol. The second kappa shape index (κ2) is 6.49. The highest BCUT2D eigenvalue weighted by Crippen LogP contribution is 2.70. The van der Waals surface area contributed by atoms with Crippen LogP contribution in [0.1, 0.15) is 60.3 Å². The van der Waals surface area contributed by atoms with Crippen LogP contribution in [0.15, 0.2) is 23.8 Å². The van der Waals surface area contributed by atoms with Crippen molar-refractivity contribution < 1.29 is 28.9 Å². The van der Waals surface area contributed by atoms with Crippen molar-refractivity contribution in [1.29, 1.82) is 0 Å². The van der Waals surface area contributed by atoms with Gasteiger partial charge in [0.15, 0.2) is 17.1 Å². The van der Waals surface area contributed by atoms with Crippen molar-refractivity contribution in [2.75, 3.05) is 0 Å². The number of hydrogen-bond donors (Lipinski definition) is 2. The standard InChI is InChI=1S/C24H33FO5/c1-13(2)30-20(28)24(29)14(3)10-18-17-7-6-15-11-16(26)8-9-21(15,4)23(17,25)19(27)12-22(18,24)5/h8-9,11,13-14,17-19,27,29H,6-7,10,12H2,1-5H3. The Labute approximate surface area is 177 Å². The van der Waals surface area contributed by atoms with Crippen LogP contribution in [0, 0.1) is 28.6 Å². The van der Waals surface area contributed by atoms with E-state index in [9.17, 15) is 19.8 Å². The quantitative estimate of drug-likeness (QED) is 0.670. The van der Waals surface area contributed by atoms with E-state index in [1.165, 1.54) is 12.2 Å². The van der Waals surface area contributed by atoms with Crippen molar-refractivity contribution in [3.8, 4) is 0 Å². The summed E-state index contributed by atoms with van der Waals surface area (Å²) in [6, 6.07) is 0. The predicted octanol–water partition coefficient (Wildman–Crippen LogP) is 3.29. The van der Waals surface area contributed by atoms with Crippen molar-refractivity contribution >= 4 is 11.8 Å². The topological polar surface area (TPSA) is 83.8 Å². The van der Waals surface area contributed by atoms with Gasteiger partial charge in [-0.1, -0.05) is 25.5 Å². The molecule has 166 valence electrons. The van der Waals surface area contributed by atoms with Gasteiger partial charge in [-0.05, 0) is 70.4 Å². The van der Waals surface area contributed by atoms with Crippen LogP contribution in [0.3, 0.4) is 0 Å². The Balaban J connectivity index is 1.79. The summed E-state index contributed by atoms with van der Waals surface area (Å²) in [5.74, 6) is -2.06. The van der Waals surface area contributed by atoms with Crippen LogP contribution in [-0.2, 0) is 14.3 Å². The van der Waals surface area contributed by atoms with Gasteiger partial charge >= 0.3 is 5.97 Å². The number of carbonyl (C=O) groups is 2. The highest BCUT2D eigenvalue weighted by Gasteiger charge is 2.76. The smallest absolute Gasteiger partial charge is 0.339 e. The molecule has 6 heteroatoms. The van der Waals surface area contributed by atoms with E-state index in [0.29, 0.717) is 19.3 Å². The number of alkyl halides is 1. The summed E-state index contributed by atoms with van der Waals surface area (Å²) >= 11 is 0. The number of ether oxygens (including phenoxy) is 1. The lowest BCUT2D eigenvalue weighted by atomic mass is 9.45. The molecule has 0 aromatic heterocycles. The highest BCUT2D eigenvalue weighted by atomic mass is 19.1. The maximum Gasteiger partial charge on any atom is 0.339 e. The Morgan fingerprint density at radius 2 is 1.97 bits per heavy atom. The van der Waals surface area contributed by atoms with Crippen LogP contribution in [-0.4, -0.2) is 45.4 Å². The maximum atomic E-state index is 17.0. The molecular formula is C24H33FO5. The Kier molecular flexibility index (Phi) is 4.69. The second-order valence-electron chi connectivity index (χ2n) is 10.6. The van der Waals surface area contributed by atoms with Gasteiger partial charge in [-0.3, -0.25) is 4.79 Å². The van der Waals surface area contributed by atoms with Gasteiger partial charge in [0.1, 0.15) is 0 Å². The number of halogens is 1. The van der Waals surface area contributed by atoms with E-state index < -0.39 is 46.0 Å². The van der Waals surface area contributed by atoms with Crippen LogP contribution in [0.5, 0.6) is 0 Å². The van der Waals surface area contributed by atoms with Crippen LogP contribution in [0.2, 0.25) is 0 Å². The van der Waals surface area contributed by atoms with Crippen LogP contribution in [0.25, 0.3) is 0 Å². The van der Waals surface area contributed by atoms with Gasteiger partial charge in [0.2, 0.25) is 0 Å². The van der Waals surface area contributed by atoms with Crippen LogP contribution >= 0.6 is 0 Å². The van der Waals surface area contributed by atoms with E-state index in [-0.39, 0.29) is 24.2 Å². The molecule has 0 aromatic carbocycles. The summed E-state index contributed by atoms with van der Waals surface area (Å²) in [7, 11) is 0. The molecule has 0 radical (unpaired) electrons. The average Bonchev–Trinajstić information content (AvgIpc) is 2.85. The normalized spacial score (nSPS) is 49.9. The van der Waals surface area contributed by atoms with E-state index >= 15 is 4.39 Å². The van der Waals surface area contributed by atoms with Crippen molar-refractivity contribution in [3.63, 3.8) is 0 Å². The number of rotatable bonds is 2. The molecule has 0 bridgehead atoms. The van der Waals surface area contributed by atoms with Gasteiger partial charge in [0.05, 0.1) is 12.2 Å². The fourth-order valence-corrected chi connectivity index (χ4v) is 7.29. The first-order chi connectivity index (χ1) is 13.8. The number of fused-ring (bicyclic) bond motifs is 5. The zero-order valence-corrected chi connectivity index (χ0v) is 18.4. The molecule has 0 amide bonds. The molecule has 3 fully saturated rings. The molecule has 8 unspecified atom stereocenters. The van der Waals surface area contributed by atoms with E-state index in [1.807, 2.05) is 6.92 Å². The molecule has 4 aliphatic carbocycles. The van der Waals surface area contributed by atoms with Gasteiger partial charge in [-0.25, -0.2) is 9.18 Å². The van der Waals surface area contributed by atoms with Gasteiger partial charge in [-0.2, -0.15) is 0 Å². The van der Waals surface area contributed by atoms with Gasteiger partial charge in [-0.15, -0.1) is 0 Å². The van der Waals surface area contributed by atoms with Crippen LogP contribution < -0.4 is 0 Å². The number of ketones is 1. The maximum absolute atomic E-state index is 17.0. The number of aliphatic hydroxyl groups is 2. The van der Waals surface area contributed by atoms with E-state index in [2.05, 4.69) is 0 Å². The molecule has 0 aliphatic heterocycles. The minimum absolute atomic E-state index is 0.0383. The third-order valence-electron chi connectivity index (χ3n) is 8.88. The number of aliphatic hydroxyl groups excluding tert-OH is 1. The molecule has 8 atom stereocenters. The fourth-order valence-electron chi connectivity index (χ4n) is 7.29. The summed E-state index contributed by atoms with van der Waals surface area (Å²) in [5, 5.41) is 22.9.